The molecular weight excluding hydrogens is 318 g/mol. The van der Waals surface area contributed by atoms with Crippen LogP contribution in [0.15, 0.2) is 33.9 Å². The summed E-state index contributed by atoms with van der Waals surface area (Å²) in [4.78, 5) is 11.5. The molecule has 2 unspecified atom stereocenters. The van der Waals surface area contributed by atoms with Crippen molar-refractivity contribution in [3.8, 4) is 0 Å². The summed E-state index contributed by atoms with van der Waals surface area (Å²) in [5, 5.41) is 23.2. The summed E-state index contributed by atoms with van der Waals surface area (Å²) in [7, 11) is 1.62. The number of aliphatic hydroxyl groups is 1. The Labute approximate surface area is 149 Å². The average molecular weight is 347 g/mol. The van der Waals surface area contributed by atoms with E-state index >= 15 is 0 Å². The third-order valence-electron chi connectivity index (χ3n) is 4.38. The molecule has 2 atom stereocenters. The monoisotopic (exact) mass is 347 g/mol. The average Bonchev–Trinajstić information content (AvgIpc) is 2.93. The SMILES string of the molecule is C=NN(/C(=C\CC1CCC(O)C1)Nc1ccc(=O)n(C)n1)C(C)(C)C. The van der Waals surface area contributed by atoms with Gasteiger partial charge in [0.25, 0.3) is 5.56 Å². The number of nitrogens with one attached hydrogen (secondary N) is 1. The molecule has 1 aliphatic rings. The van der Waals surface area contributed by atoms with E-state index in [-0.39, 0.29) is 17.2 Å². The van der Waals surface area contributed by atoms with Gasteiger partial charge in [-0.2, -0.15) is 10.2 Å². The highest BCUT2D eigenvalue weighted by molar-refractivity contribution is 5.40. The zero-order valence-corrected chi connectivity index (χ0v) is 15.6. The van der Waals surface area contributed by atoms with Crippen molar-refractivity contribution in [2.24, 2.45) is 18.1 Å². The van der Waals surface area contributed by atoms with E-state index in [0.717, 1.165) is 31.5 Å². The van der Waals surface area contributed by atoms with Gasteiger partial charge >= 0.3 is 0 Å². The zero-order valence-electron chi connectivity index (χ0n) is 15.6. The Morgan fingerprint density at radius 3 is 2.76 bits per heavy atom. The molecule has 0 saturated heterocycles. The second-order valence-electron chi connectivity index (χ2n) is 7.59. The zero-order chi connectivity index (χ0) is 18.6. The number of allylic oxidation sites excluding steroid dienone is 1. The van der Waals surface area contributed by atoms with Crippen molar-refractivity contribution in [1.82, 2.24) is 14.8 Å². The number of hydrazone groups is 1. The third kappa shape index (κ3) is 5.16. The topological polar surface area (TPSA) is 82.8 Å². The minimum atomic E-state index is -0.267. The second kappa shape index (κ2) is 7.82. The van der Waals surface area contributed by atoms with Crippen molar-refractivity contribution >= 4 is 12.5 Å². The fraction of sp³-hybridized carbons (Fsp3) is 0.611. The first-order valence-electron chi connectivity index (χ1n) is 8.67. The van der Waals surface area contributed by atoms with Gasteiger partial charge in [-0.25, -0.2) is 9.69 Å². The fourth-order valence-electron chi connectivity index (χ4n) is 3.08. The first-order valence-corrected chi connectivity index (χ1v) is 8.67. The Balaban J connectivity index is 2.25. The largest absolute Gasteiger partial charge is 0.393 e. The van der Waals surface area contributed by atoms with Gasteiger partial charge in [0.1, 0.15) is 5.82 Å². The van der Waals surface area contributed by atoms with Gasteiger partial charge in [0.2, 0.25) is 0 Å². The fourth-order valence-corrected chi connectivity index (χ4v) is 3.08. The van der Waals surface area contributed by atoms with Crippen molar-refractivity contribution in [2.75, 3.05) is 5.32 Å². The predicted molar refractivity (Wildman–Crippen MR) is 100 cm³/mol. The maximum Gasteiger partial charge on any atom is 0.266 e. The van der Waals surface area contributed by atoms with Gasteiger partial charge in [-0.1, -0.05) is 0 Å². The van der Waals surface area contributed by atoms with E-state index in [0.29, 0.717) is 11.7 Å². The highest BCUT2D eigenvalue weighted by Crippen LogP contribution is 2.30. The van der Waals surface area contributed by atoms with Crippen molar-refractivity contribution in [2.45, 2.75) is 58.1 Å². The van der Waals surface area contributed by atoms with Gasteiger partial charge in [-0.3, -0.25) is 4.79 Å². The highest BCUT2D eigenvalue weighted by atomic mass is 16.3. The van der Waals surface area contributed by atoms with Crippen molar-refractivity contribution < 1.29 is 5.11 Å². The van der Waals surface area contributed by atoms with Crippen molar-refractivity contribution in [1.29, 1.82) is 0 Å². The van der Waals surface area contributed by atoms with Crippen LogP contribution < -0.4 is 10.9 Å². The summed E-state index contributed by atoms with van der Waals surface area (Å²) in [6.45, 7) is 9.83. The molecule has 1 aromatic heterocycles. The van der Waals surface area contributed by atoms with Crippen LogP contribution in [0.25, 0.3) is 0 Å². The first kappa shape index (κ1) is 19.2. The smallest absolute Gasteiger partial charge is 0.266 e. The third-order valence-corrected chi connectivity index (χ3v) is 4.38. The van der Waals surface area contributed by atoms with E-state index < -0.39 is 0 Å². The van der Waals surface area contributed by atoms with E-state index in [9.17, 15) is 9.90 Å². The maximum absolute atomic E-state index is 11.5. The summed E-state index contributed by atoms with van der Waals surface area (Å²) in [5.74, 6) is 1.80. The van der Waals surface area contributed by atoms with Crippen LogP contribution in [0.5, 0.6) is 0 Å². The summed E-state index contributed by atoms with van der Waals surface area (Å²) >= 11 is 0. The van der Waals surface area contributed by atoms with E-state index in [2.05, 4.69) is 28.3 Å². The maximum atomic E-state index is 11.5. The molecule has 1 heterocycles. The number of aromatic nitrogens is 2. The molecule has 0 aromatic carbocycles. The molecule has 2 N–H and O–H groups in total. The molecule has 2 rings (SSSR count). The molecule has 0 amide bonds. The molecule has 1 aromatic rings. The number of anilines is 1. The van der Waals surface area contributed by atoms with Crippen LogP contribution in [0.3, 0.4) is 0 Å². The minimum absolute atomic E-state index is 0.162. The van der Waals surface area contributed by atoms with Crippen LogP contribution >= 0.6 is 0 Å². The number of nitrogens with zero attached hydrogens (tertiary/aromatic N) is 4. The van der Waals surface area contributed by atoms with Gasteiger partial charge in [0.15, 0.2) is 5.82 Å². The summed E-state index contributed by atoms with van der Waals surface area (Å²) < 4.78 is 1.29. The molecule has 0 bridgehead atoms. The van der Waals surface area contributed by atoms with Crippen LogP contribution in [-0.2, 0) is 7.05 Å². The molecule has 0 spiro atoms. The second-order valence-corrected chi connectivity index (χ2v) is 7.59. The Morgan fingerprint density at radius 2 is 2.24 bits per heavy atom. The molecule has 7 heteroatoms. The number of aliphatic hydroxyl groups excluding tert-OH is 1. The lowest BCUT2D eigenvalue weighted by atomic mass is 10.0. The van der Waals surface area contributed by atoms with Gasteiger partial charge in [0, 0.05) is 19.8 Å². The molecule has 138 valence electrons. The predicted octanol–water partition coefficient (Wildman–Crippen LogP) is 2.30. The van der Waals surface area contributed by atoms with Crippen molar-refractivity contribution in [3.63, 3.8) is 0 Å². The quantitative estimate of drug-likeness (QED) is 0.609. The van der Waals surface area contributed by atoms with Crippen LogP contribution in [-0.4, -0.2) is 38.3 Å². The minimum Gasteiger partial charge on any atom is -0.393 e. The molecule has 25 heavy (non-hydrogen) atoms. The van der Waals surface area contributed by atoms with Crippen LogP contribution in [0.2, 0.25) is 0 Å². The van der Waals surface area contributed by atoms with Gasteiger partial charge in [0.05, 0.1) is 11.6 Å². The molecule has 7 nitrogen and oxygen atoms in total. The van der Waals surface area contributed by atoms with Crippen LogP contribution in [0.1, 0.15) is 46.5 Å². The van der Waals surface area contributed by atoms with E-state index in [1.54, 1.807) is 13.1 Å². The Hall–Kier alpha value is -2.15. The number of aryl methyl sites for hydroxylation is 1. The van der Waals surface area contributed by atoms with Crippen molar-refractivity contribution in [3.05, 3.63) is 34.4 Å². The van der Waals surface area contributed by atoms with Crippen LogP contribution in [0, 0.1) is 5.92 Å². The van der Waals surface area contributed by atoms with Gasteiger partial charge in [-0.15, -0.1) is 0 Å². The van der Waals surface area contributed by atoms with Gasteiger partial charge in [-0.05, 0) is 64.5 Å². The standard InChI is InChI=1S/C18H29N5O2/c1-18(2,3)23(19-4)16(10-7-13-6-8-14(24)12-13)20-15-9-11-17(25)22(5)21-15/h9-11,13-14,24H,4,6-8,12H2,1-3,5H3,(H,20,21)/b16-10-. The summed E-state index contributed by atoms with van der Waals surface area (Å²) in [6.07, 6.45) is 5.46. The van der Waals surface area contributed by atoms with E-state index in [1.807, 2.05) is 25.8 Å². The number of hydrogen-bond donors (Lipinski definition) is 2. The lowest BCUT2D eigenvalue weighted by Crippen LogP contribution is -2.39. The number of hydrogen-bond acceptors (Lipinski definition) is 6. The molecular formula is C18H29N5O2. The lowest BCUT2D eigenvalue weighted by molar-refractivity contribution is 0.177. The molecule has 1 aliphatic carbocycles. The first-order chi connectivity index (χ1) is 11.7. The Kier molecular flexibility index (Phi) is 6.00. The molecule has 1 fully saturated rings. The molecule has 1 saturated carbocycles. The Morgan fingerprint density at radius 1 is 1.52 bits per heavy atom. The molecule has 0 aliphatic heterocycles. The normalized spacial score (nSPS) is 21.2. The summed E-state index contributed by atoms with van der Waals surface area (Å²) in [5.41, 5.74) is -0.429. The summed E-state index contributed by atoms with van der Waals surface area (Å²) in [6, 6.07) is 3.13. The van der Waals surface area contributed by atoms with E-state index in [1.165, 1.54) is 10.7 Å². The number of rotatable bonds is 6. The molecule has 0 radical (unpaired) electrons. The highest BCUT2D eigenvalue weighted by Gasteiger charge is 2.25. The van der Waals surface area contributed by atoms with Gasteiger partial charge < -0.3 is 10.4 Å². The Bertz CT molecular complexity index is 689. The van der Waals surface area contributed by atoms with Crippen LogP contribution in [0.4, 0.5) is 5.82 Å². The lowest BCUT2D eigenvalue weighted by Gasteiger charge is -2.34. The van der Waals surface area contributed by atoms with E-state index in [4.69, 9.17) is 0 Å².